The summed E-state index contributed by atoms with van der Waals surface area (Å²) in [5, 5.41) is 0. The minimum absolute atomic E-state index is 0.0161. The number of aromatic nitrogens is 2. The van der Waals surface area contributed by atoms with Crippen molar-refractivity contribution in [3.63, 3.8) is 0 Å². The van der Waals surface area contributed by atoms with Crippen LogP contribution in [0, 0.1) is 0 Å². The molecule has 0 atom stereocenters. The molecular weight excluding hydrogens is 382 g/mol. The first-order valence-electron chi connectivity index (χ1n) is 6.65. The topological polar surface area (TPSA) is 85.1 Å². The van der Waals surface area contributed by atoms with Gasteiger partial charge < -0.3 is 4.42 Å². The van der Waals surface area contributed by atoms with Crippen LogP contribution in [0.4, 0.5) is 0 Å². The van der Waals surface area contributed by atoms with Gasteiger partial charge in [-0.25, -0.2) is 18.1 Å². The molecule has 0 aliphatic rings. The maximum absolute atomic E-state index is 12.3. The fourth-order valence-corrected chi connectivity index (χ4v) is 3.23. The van der Waals surface area contributed by atoms with E-state index in [9.17, 15) is 8.42 Å². The van der Waals surface area contributed by atoms with Crippen LogP contribution in [0.2, 0.25) is 0 Å². The van der Waals surface area contributed by atoms with Gasteiger partial charge in [-0.05, 0) is 36.4 Å². The molecular formula is C15H12BrN3O3S. The Kier molecular flexibility index (Phi) is 4.56. The van der Waals surface area contributed by atoms with Crippen molar-refractivity contribution < 1.29 is 12.8 Å². The van der Waals surface area contributed by atoms with Crippen LogP contribution < -0.4 is 4.72 Å². The summed E-state index contributed by atoms with van der Waals surface area (Å²) in [6.45, 7) is 0.0161. The molecule has 3 rings (SSSR count). The summed E-state index contributed by atoms with van der Waals surface area (Å²) in [5.41, 5.74) is 0.999. The molecule has 0 radical (unpaired) electrons. The van der Waals surface area contributed by atoms with E-state index < -0.39 is 10.0 Å². The van der Waals surface area contributed by atoms with Gasteiger partial charge >= 0.3 is 0 Å². The first-order chi connectivity index (χ1) is 11.1. The molecule has 118 valence electrons. The third-order valence-electron chi connectivity index (χ3n) is 3.08. The first-order valence-corrected chi connectivity index (χ1v) is 8.93. The molecule has 0 saturated heterocycles. The van der Waals surface area contributed by atoms with Crippen molar-refractivity contribution in [1.29, 1.82) is 0 Å². The average Bonchev–Trinajstić information content (AvgIpc) is 3.08. The zero-order chi connectivity index (χ0) is 16.3. The minimum atomic E-state index is -3.63. The van der Waals surface area contributed by atoms with Gasteiger partial charge in [0.2, 0.25) is 10.0 Å². The Balaban J connectivity index is 1.82. The van der Waals surface area contributed by atoms with Crippen LogP contribution >= 0.6 is 15.9 Å². The lowest BCUT2D eigenvalue weighted by Gasteiger charge is -2.08. The molecule has 0 aliphatic carbocycles. The summed E-state index contributed by atoms with van der Waals surface area (Å²) >= 11 is 3.28. The highest BCUT2D eigenvalue weighted by Crippen LogP contribution is 2.20. The van der Waals surface area contributed by atoms with Crippen molar-refractivity contribution in [3.8, 4) is 11.5 Å². The highest BCUT2D eigenvalue weighted by molar-refractivity contribution is 9.10. The molecule has 0 bridgehead atoms. The molecule has 0 aliphatic heterocycles. The lowest BCUT2D eigenvalue weighted by Crippen LogP contribution is -2.24. The number of hydrogen-bond acceptors (Lipinski definition) is 5. The number of nitrogens with one attached hydrogen (secondary N) is 1. The van der Waals surface area contributed by atoms with Crippen LogP contribution in [0.5, 0.6) is 0 Å². The number of benzene rings is 1. The molecule has 6 nitrogen and oxygen atoms in total. The smallest absolute Gasteiger partial charge is 0.240 e. The Morgan fingerprint density at radius 1 is 1.09 bits per heavy atom. The van der Waals surface area contributed by atoms with E-state index in [1.807, 2.05) is 0 Å². The highest BCUT2D eigenvalue weighted by Gasteiger charge is 2.16. The number of rotatable bonds is 5. The van der Waals surface area contributed by atoms with E-state index >= 15 is 0 Å². The SMILES string of the molecule is O=S(=O)(NCc1nccnc1-c1ccco1)c1ccc(Br)cc1. The van der Waals surface area contributed by atoms with Crippen LogP contribution in [0.25, 0.3) is 11.5 Å². The second-order valence-corrected chi connectivity index (χ2v) is 7.29. The van der Waals surface area contributed by atoms with Crippen LogP contribution in [-0.4, -0.2) is 18.4 Å². The minimum Gasteiger partial charge on any atom is -0.463 e. The van der Waals surface area contributed by atoms with Crippen molar-refractivity contribution in [3.05, 3.63) is 65.2 Å². The molecule has 2 aromatic heterocycles. The predicted molar refractivity (Wildman–Crippen MR) is 87.9 cm³/mol. The summed E-state index contributed by atoms with van der Waals surface area (Å²) < 4.78 is 33.3. The number of hydrogen-bond donors (Lipinski definition) is 1. The highest BCUT2D eigenvalue weighted by atomic mass is 79.9. The molecule has 0 fully saturated rings. The summed E-state index contributed by atoms with van der Waals surface area (Å²) in [6, 6.07) is 9.87. The third-order valence-corrected chi connectivity index (χ3v) is 5.03. The van der Waals surface area contributed by atoms with Crippen molar-refractivity contribution in [2.75, 3.05) is 0 Å². The van der Waals surface area contributed by atoms with E-state index in [1.165, 1.54) is 30.8 Å². The quantitative estimate of drug-likeness (QED) is 0.719. The first kappa shape index (κ1) is 15.9. The number of halogens is 1. The molecule has 0 spiro atoms. The van der Waals surface area contributed by atoms with Crippen LogP contribution in [0.15, 0.2) is 68.8 Å². The molecule has 1 N–H and O–H groups in total. The van der Waals surface area contributed by atoms with Crippen LogP contribution in [0.1, 0.15) is 5.69 Å². The van der Waals surface area contributed by atoms with E-state index in [1.54, 1.807) is 24.3 Å². The Bertz CT molecular complexity index is 894. The number of furan rings is 1. The van der Waals surface area contributed by atoms with Crippen molar-refractivity contribution in [1.82, 2.24) is 14.7 Å². The monoisotopic (exact) mass is 393 g/mol. The normalized spacial score (nSPS) is 11.5. The van der Waals surface area contributed by atoms with E-state index in [0.717, 1.165) is 4.47 Å². The molecule has 3 aromatic rings. The molecule has 8 heteroatoms. The fourth-order valence-electron chi connectivity index (χ4n) is 1.98. The third kappa shape index (κ3) is 3.66. The second kappa shape index (κ2) is 6.61. The molecule has 23 heavy (non-hydrogen) atoms. The summed E-state index contributed by atoms with van der Waals surface area (Å²) in [5.74, 6) is 0.538. The van der Waals surface area contributed by atoms with E-state index in [-0.39, 0.29) is 11.4 Å². The van der Waals surface area contributed by atoms with E-state index in [4.69, 9.17) is 4.42 Å². The molecule has 1 aromatic carbocycles. The largest absolute Gasteiger partial charge is 0.463 e. The average molecular weight is 394 g/mol. The summed E-state index contributed by atoms with van der Waals surface area (Å²) in [7, 11) is -3.63. The van der Waals surface area contributed by atoms with Crippen LogP contribution in [-0.2, 0) is 16.6 Å². The van der Waals surface area contributed by atoms with Gasteiger partial charge in [0.05, 0.1) is 23.4 Å². The van der Waals surface area contributed by atoms with Gasteiger partial charge in [-0.15, -0.1) is 0 Å². The van der Waals surface area contributed by atoms with E-state index in [0.29, 0.717) is 17.1 Å². The van der Waals surface area contributed by atoms with Gasteiger partial charge in [0.15, 0.2) is 5.76 Å². The number of nitrogens with zero attached hydrogens (tertiary/aromatic N) is 2. The lowest BCUT2D eigenvalue weighted by atomic mass is 10.2. The van der Waals surface area contributed by atoms with Gasteiger partial charge in [0, 0.05) is 16.9 Å². The van der Waals surface area contributed by atoms with E-state index in [2.05, 4.69) is 30.6 Å². The zero-order valence-electron chi connectivity index (χ0n) is 11.8. The van der Waals surface area contributed by atoms with Crippen LogP contribution in [0.3, 0.4) is 0 Å². The predicted octanol–water partition coefficient (Wildman–Crippen LogP) is 2.98. The van der Waals surface area contributed by atoms with Crippen molar-refractivity contribution >= 4 is 26.0 Å². The van der Waals surface area contributed by atoms with Gasteiger partial charge in [-0.1, -0.05) is 15.9 Å². The Labute approximate surface area is 141 Å². The second-order valence-electron chi connectivity index (χ2n) is 4.61. The maximum Gasteiger partial charge on any atom is 0.240 e. The standard InChI is InChI=1S/C15H12BrN3O3S/c16-11-3-5-12(6-4-11)23(20,21)19-10-13-15(18-8-7-17-13)14-2-1-9-22-14/h1-9,19H,10H2. The lowest BCUT2D eigenvalue weighted by molar-refractivity contribution is 0.573. The molecule has 0 amide bonds. The van der Waals surface area contributed by atoms with Crippen molar-refractivity contribution in [2.24, 2.45) is 0 Å². The maximum atomic E-state index is 12.3. The number of sulfonamides is 1. The molecule has 0 unspecified atom stereocenters. The molecule has 0 saturated carbocycles. The van der Waals surface area contributed by atoms with Gasteiger partial charge in [0.1, 0.15) is 5.69 Å². The Morgan fingerprint density at radius 3 is 2.52 bits per heavy atom. The van der Waals surface area contributed by atoms with Gasteiger partial charge in [-0.3, -0.25) is 4.98 Å². The van der Waals surface area contributed by atoms with Gasteiger partial charge in [-0.2, -0.15) is 0 Å². The van der Waals surface area contributed by atoms with Gasteiger partial charge in [0.25, 0.3) is 0 Å². The summed E-state index contributed by atoms with van der Waals surface area (Å²) in [4.78, 5) is 8.58. The fraction of sp³-hybridized carbons (Fsp3) is 0.0667. The summed E-state index contributed by atoms with van der Waals surface area (Å²) in [6.07, 6.45) is 4.57. The zero-order valence-corrected chi connectivity index (χ0v) is 14.2. The molecule has 2 heterocycles. The Hall–Kier alpha value is -2.03. The Morgan fingerprint density at radius 2 is 1.83 bits per heavy atom. The van der Waals surface area contributed by atoms with Crippen molar-refractivity contribution in [2.45, 2.75) is 11.4 Å².